The number of amides is 1. The fourth-order valence-electron chi connectivity index (χ4n) is 3.01. The first kappa shape index (κ1) is 19.7. The first-order valence-electron chi connectivity index (χ1n) is 9.59. The average molecular weight is 382 g/mol. The van der Waals surface area contributed by atoms with Gasteiger partial charge in [-0.05, 0) is 50.1 Å². The van der Waals surface area contributed by atoms with Crippen LogP contribution < -0.4 is 19.6 Å². The molecule has 1 atom stereocenters. The van der Waals surface area contributed by atoms with E-state index in [9.17, 15) is 4.79 Å². The van der Waals surface area contributed by atoms with Gasteiger partial charge in [0.1, 0.15) is 23.4 Å². The number of fused-ring (bicyclic) bond motifs is 1. The molecular weight excluding hydrogens is 356 g/mol. The van der Waals surface area contributed by atoms with Crippen molar-refractivity contribution in [1.82, 2.24) is 5.43 Å². The van der Waals surface area contributed by atoms with E-state index in [4.69, 9.17) is 14.2 Å². The molecule has 3 rings (SSSR count). The summed E-state index contributed by atoms with van der Waals surface area (Å²) in [6.07, 6.45) is 3.54. The quantitative estimate of drug-likeness (QED) is 0.560. The molecule has 0 aromatic heterocycles. The van der Waals surface area contributed by atoms with E-state index in [0.29, 0.717) is 12.4 Å². The maximum atomic E-state index is 12.0. The van der Waals surface area contributed by atoms with Crippen LogP contribution in [0.2, 0.25) is 0 Å². The zero-order valence-electron chi connectivity index (χ0n) is 16.5. The maximum Gasteiger partial charge on any atom is 0.277 e. The van der Waals surface area contributed by atoms with Gasteiger partial charge in [0, 0.05) is 17.5 Å². The van der Waals surface area contributed by atoms with Crippen LogP contribution in [0.4, 0.5) is 0 Å². The second-order valence-electron chi connectivity index (χ2n) is 6.64. The minimum absolute atomic E-state index is 0.105. The van der Waals surface area contributed by atoms with Gasteiger partial charge in [0.2, 0.25) is 0 Å². The highest BCUT2D eigenvalue weighted by Crippen LogP contribution is 2.34. The number of nitrogens with one attached hydrogen (secondary N) is 1. The summed E-state index contributed by atoms with van der Waals surface area (Å²) >= 11 is 0. The smallest absolute Gasteiger partial charge is 0.277 e. The van der Waals surface area contributed by atoms with E-state index in [1.807, 2.05) is 50.2 Å². The molecule has 6 nitrogen and oxygen atoms in total. The molecule has 28 heavy (non-hydrogen) atoms. The van der Waals surface area contributed by atoms with Crippen molar-refractivity contribution in [3.8, 4) is 17.2 Å². The largest absolute Gasteiger partial charge is 0.493 e. The van der Waals surface area contributed by atoms with E-state index in [1.54, 1.807) is 6.21 Å². The Bertz CT molecular complexity index is 846. The number of aryl methyl sites for hydroxylation is 1. The fraction of sp³-hybridized carbons (Fsp3) is 0.364. The molecule has 0 saturated heterocycles. The Morgan fingerprint density at radius 2 is 2.04 bits per heavy atom. The van der Waals surface area contributed by atoms with Gasteiger partial charge < -0.3 is 14.2 Å². The van der Waals surface area contributed by atoms with Gasteiger partial charge in [-0.15, -0.1) is 0 Å². The molecule has 0 fully saturated rings. The Balaban J connectivity index is 1.57. The van der Waals surface area contributed by atoms with Gasteiger partial charge >= 0.3 is 0 Å². The van der Waals surface area contributed by atoms with Crippen molar-refractivity contribution in [2.45, 2.75) is 39.7 Å². The van der Waals surface area contributed by atoms with Crippen LogP contribution in [0.3, 0.4) is 0 Å². The highest BCUT2D eigenvalue weighted by molar-refractivity contribution is 5.86. The lowest BCUT2D eigenvalue weighted by atomic mass is 10.1. The summed E-state index contributed by atoms with van der Waals surface area (Å²) in [6.45, 7) is 6.49. The van der Waals surface area contributed by atoms with Crippen LogP contribution >= 0.6 is 0 Å². The van der Waals surface area contributed by atoms with Crippen molar-refractivity contribution >= 4 is 12.1 Å². The highest BCUT2D eigenvalue weighted by Gasteiger charge is 2.21. The molecule has 1 aliphatic rings. The van der Waals surface area contributed by atoms with Crippen LogP contribution in [0.5, 0.6) is 17.2 Å². The third kappa shape index (κ3) is 5.03. The number of ether oxygens (including phenoxy) is 3. The summed E-state index contributed by atoms with van der Waals surface area (Å²) in [6, 6.07) is 11.6. The Morgan fingerprint density at radius 1 is 1.25 bits per heavy atom. The summed E-state index contributed by atoms with van der Waals surface area (Å²) in [5.41, 5.74) is 5.58. The lowest BCUT2D eigenvalue weighted by Crippen LogP contribution is -2.24. The predicted molar refractivity (Wildman–Crippen MR) is 108 cm³/mol. The standard InChI is InChI=1S/C22H26N2O4/c1-4-16-6-8-19(9-7-16)27-14-22(25)24-23-13-18-12-21-17(10-15(3)28-21)11-20(18)26-5-2/h6-9,11-13,15H,4-5,10,14H2,1-3H3,(H,24,25)/b23-13-/t15-/m1/s1. The Hall–Kier alpha value is -3.02. The maximum absolute atomic E-state index is 12.0. The predicted octanol–water partition coefficient (Wildman–Crippen LogP) is 3.50. The normalized spacial score (nSPS) is 15.2. The number of benzene rings is 2. The van der Waals surface area contributed by atoms with Gasteiger partial charge in [0.15, 0.2) is 6.61 Å². The Morgan fingerprint density at radius 3 is 2.75 bits per heavy atom. The number of nitrogens with zero attached hydrogens (tertiary/aromatic N) is 1. The SMILES string of the molecule is CCOc1cc2c(cc1/C=N\NC(=O)COc1ccc(CC)cc1)O[C@H](C)C2. The van der Waals surface area contributed by atoms with Crippen LogP contribution in [0.15, 0.2) is 41.5 Å². The van der Waals surface area contributed by atoms with Gasteiger partial charge in [-0.2, -0.15) is 5.10 Å². The number of carbonyl (C=O) groups excluding carboxylic acids is 1. The second kappa shape index (κ2) is 9.26. The van der Waals surface area contributed by atoms with Crippen molar-refractivity contribution in [3.63, 3.8) is 0 Å². The highest BCUT2D eigenvalue weighted by atomic mass is 16.5. The van der Waals surface area contributed by atoms with Crippen molar-refractivity contribution in [2.75, 3.05) is 13.2 Å². The molecule has 6 heteroatoms. The van der Waals surface area contributed by atoms with E-state index >= 15 is 0 Å². The number of hydrazone groups is 1. The molecule has 0 spiro atoms. The molecule has 0 saturated carbocycles. The topological polar surface area (TPSA) is 69.2 Å². The molecule has 2 aromatic carbocycles. The van der Waals surface area contributed by atoms with E-state index in [2.05, 4.69) is 17.5 Å². The minimum atomic E-state index is -0.334. The van der Waals surface area contributed by atoms with Crippen molar-refractivity contribution in [3.05, 3.63) is 53.1 Å². The second-order valence-corrected chi connectivity index (χ2v) is 6.64. The van der Waals surface area contributed by atoms with Crippen LogP contribution in [0.25, 0.3) is 0 Å². The molecule has 1 heterocycles. The Kier molecular flexibility index (Phi) is 6.53. The lowest BCUT2D eigenvalue weighted by molar-refractivity contribution is -0.123. The molecule has 2 aromatic rings. The average Bonchev–Trinajstić information content (AvgIpc) is 3.06. The third-order valence-electron chi connectivity index (χ3n) is 4.42. The van der Waals surface area contributed by atoms with Crippen LogP contribution in [-0.2, 0) is 17.6 Å². The van der Waals surface area contributed by atoms with E-state index in [-0.39, 0.29) is 18.6 Å². The molecule has 1 amide bonds. The monoisotopic (exact) mass is 382 g/mol. The molecule has 148 valence electrons. The van der Waals surface area contributed by atoms with Gasteiger partial charge in [0.25, 0.3) is 5.91 Å². The summed E-state index contributed by atoms with van der Waals surface area (Å²) in [7, 11) is 0. The van der Waals surface area contributed by atoms with Crippen LogP contribution in [0.1, 0.15) is 37.5 Å². The van der Waals surface area contributed by atoms with E-state index in [0.717, 1.165) is 35.5 Å². The number of rotatable bonds is 8. The zero-order chi connectivity index (χ0) is 19.9. The Labute approximate surface area is 165 Å². The summed E-state index contributed by atoms with van der Waals surface area (Å²) in [5.74, 6) is 1.88. The lowest BCUT2D eigenvalue weighted by Gasteiger charge is -2.09. The van der Waals surface area contributed by atoms with Gasteiger partial charge in [0.05, 0.1) is 12.8 Å². The number of hydrogen-bond donors (Lipinski definition) is 1. The molecule has 0 bridgehead atoms. The first-order chi connectivity index (χ1) is 13.6. The number of carbonyl (C=O) groups is 1. The molecule has 0 unspecified atom stereocenters. The summed E-state index contributed by atoms with van der Waals surface area (Å²) in [5, 5.41) is 4.03. The summed E-state index contributed by atoms with van der Waals surface area (Å²) in [4.78, 5) is 12.0. The van der Waals surface area contributed by atoms with Crippen LogP contribution in [0, 0.1) is 0 Å². The third-order valence-corrected chi connectivity index (χ3v) is 4.42. The van der Waals surface area contributed by atoms with E-state index < -0.39 is 0 Å². The molecular formula is C22H26N2O4. The van der Waals surface area contributed by atoms with E-state index in [1.165, 1.54) is 5.56 Å². The van der Waals surface area contributed by atoms with Crippen molar-refractivity contribution in [2.24, 2.45) is 5.10 Å². The summed E-state index contributed by atoms with van der Waals surface area (Å²) < 4.78 is 17.0. The molecule has 0 aliphatic carbocycles. The van der Waals surface area contributed by atoms with Crippen molar-refractivity contribution < 1.29 is 19.0 Å². The minimum Gasteiger partial charge on any atom is -0.493 e. The van der Waals surface area contributed by atoms with Gasteiger partial charge in [-0.3, -0.25) is 4.79 Å². The molecule has 1 N–H and O–H groups in total. The first-order valence-corrected chi connectivity index (χ1v) is 9.59. The zero-order valence-corrected chi connectivity index (χ0v) is 16.5. The van der Waals surface area contributed by atoms with Gasteiger partial charge in [-0.25, -0.2) is 5.43 Å². The number of hydrogen-bond acceptors (Lipinski definition) is 5. The van der Waals surface area contributed by atoms with Crippen LogP contribution in [-0.4, -0.2) is 31.4 Å². The van der Waals surface area contributed by atoms with Gasteiger partial charge in [-0.1, -0.05) is 19.1 Å². The molecule has 0 radical (unpaired) electrons. The van der Waals surface area contributed by atoms with Crippen molar-refractivity contribution in [1.29, 1.82) is 0 Å². The fourth-order valence-corrected chi connectivity index (χ4v) is 3.01. The molecule has 1 aliphatic heterocycles.